The van der Waals surface area contributed by atoms with Crippen molar-refractivity contribution in [1.82, 2.24) is 14.8 Å². The fourth-order valence-electron chi connectivity index (χ4n) is 3.75. The Morgan fingerprint density at radius 2 is 2.00 bits per heavy atom. The molecule has 5 heteroatoms. The number of fused-ring (bicyclic) bond motifs is 1. The first-order valence-corrected chi connectivity index (χ1v) is 8.45. The maximum absolute atomic E-state index is 12.3. The van der Waals surface area contributed by atoms with Crippen molar-refractivity contribution in [3.63, 3.8) is 0 Å². The number of hydrogen-bond donors (Lipinski definition) is 1. The van der Waals surface area contributed by atoms with Crippen LogP contribution in [0.3, 0.4) is 0 Å². The predicted octanol–water partition coefficient (Wildman–Crippen LogP) is 1.43. The Kier molecular flexibility index (Phi) is 4.16. The van der Waals surface area contributed by atoms with Gasteiger partial charge in [0, 0.05) is 49.8 Å². The van der Waals surface area contributed by atoms with E-state index in [9.17, 15) is 4.79 Å². The topological polar surface area (TPSA) is 48.6 Å². The molecule has 3 heterocycles. The van der Waals surface area contributed by atoms with E-state index in [0.29, 0.717) is 6.04 Å². The lowest BCUT2D eigenvalue weighted by Crippen LogP contribution is -2.44. The molecule has 0 saturated carbocycles. The molecule has 0 spiro atoms. The van der Waals surface area contributed by atoms with Crippen LogP contribution in [-0.4, -0.2) is 60.2 Å². The number of nitrogens with zero attached hydrogens (tertiary/aromatic N) is 2. The molecule has 0 radical (unpaired) electrons. The summed E-state index contributed by atoms with van der Waals surface area (Å²) in [6, 6.07) is 10.6. The summed E-state index contributed by atoms with van der Waals surface area (Å²) in [6.45, 7) is 6.62. The van der Waals surface area contributed by atoms with Gasteiger partial charge in [0.25, 0.3) is 5.56 Å². The summed E-state index contributed by atoms with van der Waals surface area (Å²) in [5.41, 5.74) is 1.82. The molecular formula is C18H23N3O2. The summed E-state index contributed by atoms with van der Waals surface area (Å²) in [7, 11) is 0. The van der Waals surface area contributed by atoms with Crippen molar-refractivity contribution in [1.29, 1.82) is 0 Å². The van der Waals surface area contributed by atoms with Crippen LogP contribution in [0.4, 0.5) is 0 Å². The molecule has 1 atom stereocenters. The second-order valence-electron chi connectivity index (χ2n) is 6.54. The first-order valence-electron chi connectivity index (χ1n) is 8.45. The van der Waals surface area contributed by atoms with Gasteiger partial charge in [-0.2, -0.15) is 0 Å². The molecule has 2 saturated heterocycles. The van der Waals surface area contributed by atoms with Gasteiger partial charge in [0.15, 0.2) is 0 Å². The molecule has 1 N–H and O–H groups in total. The number of aromatic nitrogens is 1. The average Bonchev–Trinajstić information content (AvgIpc) is 3.05. The molecule has 1 unspecified atom stereocenters. The van der Waals surface area contributed by atoms with E-state index in [1.165, 1.54) is 6.42 Å². The van der Waals surface area contributed by atoms with Crippen LogP contribution in [0.25, 0.3) is 10.9 Å². The summed E-state index contributed by atoms with van der Waals surface area (Å²) >= 11 is 0. The van der Waals surface area contributed by atoms with E-state index in [-0.39, 0.29) is 5.56 Å². The van der Waals surface area contributed by atoms with Crippen molar-refractivity contribution in [3.05, 3.63) is 46.2 Å². The lowest BCUT2D eigenvalue weighted by atomic mass is 10.1. The highest BCUT2D eigenvalue weighted by Gasteiger charge is 2.28. The number of pyridine rings is 1. The summed E-state index contributed by atoms with van der Waals surface area (Å²) in [5.74, 6) is 0. The second kappa shape index (κ2) is 6.43. The van der Waals surface area contributed by atoms with Crippen molar-refractivity contribution in [2.45, 2.75) is 19.0 Å². The molecule has 122 valence electrons. The third-order valence-corrected chi connectivity index (χ3v) is 5.03. The van der Waals surface area contributed by atoms with Crippen LogP contribution in [-0.2, 0) is 11.3 Å². The molecule has 2 aliphatic rings. The van der Waals surface area contributed by atoms with Crippen LogP contribution >= 0.6 is 0 Å². The summed E-state index contributed by atoms with van der Waals surface area (Å²) in [5, 5.41) is 1.10. The molecule has 5 nitrogen and oxygen atoms in total. The van der Waals surface area contributed by atoms with Gasteiger partial charge in [-0.25, -0.2) is 0 Å². The van der Waals surface area contributed by atoms with E-state index in [2.05, 4.69) is 20.9 Å². The number of para-hydroxylation sites is 1. The molecule has 0 aliphatic carbocycles. The SMILES string of the molecule is O=c1[nH]c2ccccc2cc1CN1CCC(N2CCOCC2)C1. The lowest BCUT2D eigenvalue weighted by Gasteiger charge is -2.32. The third-order valence-electron chi connectivity index (χ3n) is 5.03. The van der Waals surface area contributed by atoms with Gasteiger partial charge in [-0.05, 0) is 23.9 Å². The first kappa shape index (κ1) is 14.9. The highest BCUT2D eigenvalue weighted by molar-refractivity contribution is 5.78. The lowest BCUT2D eigenvalue weighted by molar-refractivity contribution is 0.0184. The molecule has 2 fully saturated rings. The number of H-pyrrole nitrogens is 1. The van der Waals surface area contributed by atoms with Gasteiger partial charge in [0.1, 0.15) is 0 Å². The van der Waals surface area contributed by atoms with Gasteiger partial charge >= 0.3 is 0 Å². The van der Waals surface area contributed by atoms with E-state index < -0.39 is 0 Å². The molecule has 0 amide bonds. The van der Waals surface area contributed by atoms with Crippen molar-refractivity contribution in [2.75, 3.05) is 39.4 Å². The number of hydrogen-bond acceptors (Lipinski definition) is 4. The van der Waals surface area contributed by atoms with Gasteiger partial charge in [0.2, 0.25) is 0 Å². The number of morpholine rings is 1. The minimum Gasteiger partial charge on any atom is -0.379 e. The summed E-state index contributed by atoms with van der Waals surface area (Å²) in [6.07, 6.45) is 1.19. The molecule has 1 aromatic carbocycles. The largest absolute Gasteiger partial charge is 0.379 e. The zero-order valence-corrected chi connectivity index (χ0v) is 13.3. The predicted molar refractivity (Wildman–Crippen MR) is 90.6 cm³/mol. The average molecular weight is 313 g/mol. The molecule has 4 rings (SSSR count). The zero-order chi connectivity index (χ0) is 15.6. The quantitative estimate of drug-likeness (QED) is 0.931. The van der Waals surface area contributed by atoms with Gasteiger partial charge in [0.05, 0.1) is 13.2 Å². The number of nitrogens with one attached hydrogen (secondary N) is 1. The van der Waals surface area contributed by atoms with Crippen molar-refractivity contribution < 1.29 is 4.74 Å². The molecule has 1 aromatic heterocycles. The standard InChI is InChI=1S/C18H23N3O2/c22-18-15(11-14-3-1-2-4-17(14)19-18)12-20-6-5-16(13-20)21-7-9-23-10-8-21/h1-4,11,16H,5-10,12-13H2,(H,19,22). The fraction of sp³-hybridized carbons (Fsp3) is 0.500. The highest BCUT2D eigenvalue weighted by atomic mass is 16.5. The van der Waals surface area contributed by atoms with E-state index in [1.54, 1.807) is 0 Å². The Bertz CT molecular complexity index is 736. The Balaban J connectivity index is 1.46. The number of benzene rings is 1. The van der Waals surface area contributed by atoms with Crippen LogP contribution in [0, 0.1) is 0 Å². The van der Waals surface area contributed by atoms with E-state index in [0.717, 1.165) is 62.4 Å². The molecule has 23 heavy (non-hydrogen) atoms. The normalized spacial score (nSPS) is 23.6. The second-order valence-corrected chi connectivity index (χ2v) is 6.54. The fourth-order valence-corrected chi connectivity index (χ4v) is 3.75. The van der Waals surface area contributed by atoms with Crippen molar-refractivity contribution >= 4 is 10.9 Å². The van der Waals surface area contributed by atoms with Crippen molar-refractivity contribution in [3.8, 4) is 0 Å². The maximum Gasteiger partial charge on any atom is 0.252 e. The zero-order valence-electron chi connectivity index (χ0n) is 13.3. The Hall–Kier alpha value is -1.69. The van der Waals surface area contributed by atoms with E-state index in [1.807, 2.05) is 24.3 Å². The summed E-state index contributed by atoms with van der Waals surface area (Å²) < 4.78 is 5.44. The summed E-state index contributed by atoms with van der Waals surface area (Å²) in [4.78, 5) is 20.2. The molecule has 0 bridgehead atoms. The monoisotopic (exact) mass is 313 g/mol. The van der Waals surface area contributed by atoms with E-state index >= 15 is 0 Å². The number of rotatable bonds is 3. The van der Waals surface area contributed by atoms with Gasteiger partial charge in [-0.3, -0.25) is 14.6 Å². The van der Waals surface area contributed by atoms with Crippen LogP contribution in [0.1, 0.15) is 12.0 Å². The Morgan fingerprint density at radius 1 is 1.17 bits per heavy atom. The Morgan fingerprint density at radius 3 is 2.87 bits per heavy atom. The molecule has 2 aromatic rings. The minimum atomic E-state index is 0.0403. The van der Waals surface area contributed by atoms with E-state index in [4.69, 9.17) is 4.74 Å². The van der Waals surface area contributed by atoms with Crippen LogP contribution in [0.5, 0.6) is 0 Å². The van der Waals surface area contributed by atoms with Gasteiger partial charge < -0.3 is 9.72 Å². The number of likely N-dealkylation sites (tertiary alicyclic amines) is 1. The van der Waals surface area contributed by atoms with Crippen LogP contribution in [0.15, 0.2) is 35.1 Å². The Labute approximate surface area is 135 Å². The van der Waals surface area contributed by atoms with Gasteiger partial charge in [-0.1, -0.05) is 18.2 Å². The van der Waals surface area contributed by atoms with Crippen molar-refractivity contribution in [2.24, 2.45) is 0 Å². The maximum atomic E-state index is 12.3. The third kappa shape index (κ3) is 3.17. The van der Waals surface area contributed by atoms with Gasteiger partial charge in [-0.15, -0.1) is 0 Å². The molecule has 2 aliphatic heterocycles. The highest BCUT2D eigenvalue weighted by Crippen LogP contribution is 2.19. The first-order chi connectivity index (χ1) is 11.3. The minimum absolute atomic E-state index is 0.0403. The molecular weight excluding hydrogens is 290 g/mol. The van der Waals surface area contributed by atoms with Crippen LogP contribution in [0.2, 0.25) is 0 Å². The number of aromatic amines is 1. The number of ether oxygens (including phenoxy) is 1. The smallest absolute Gasteiger partial charge is 0.252 e. The van der Waals surface area contributed by atoms with Crippen LogP contribution < -0.4 is 5.56 Å².